The fourth-order valence-corrected chi connectivity index (χ4v) is 7.73. The van der Waals surface area contributed by atoms with E-state index < -0.39 is 56.1 Å². The van der Waals surface area contributed by atoms with Gasteiger partial charge in [0.1, 0.15) is 6.04 Å². The number of sulfone groups is 1. The molecule has 0 bridgehead atoms. The van der Waals surface area contributed by atoms with Crippen molar-refractivity contribution >= 4 is 56.5 Å². The molecule has 0 unspecified atom stereocenters. The molecule has 2 aromatic carbocycles. The Labute approximate surface area is 248 Å². The van der Waals surface area contributed by atoms with E-state index in [1.54, 1.807) is 43.3 Å². The van der Waals surface area contributed by atoms with Crippen LogP contribution in [0.4, 0.5) is 0 Å². The monoisotopic (exact) mass is 619 g/mol. The maximum atomic E-state index is 14.2. The summed E-state index contributed by atoms with van der Waals surface area (Å²) in [6.45, 7) is 1.59. The van der Waals surface area contributed by atoms with Crippen LogP contribution in [0.5, 0.6) is 0 Å². The number of amides is 3. The van der Waals surface area contributed by atoms with Gasteiger partial charge >= 0.3 is 0 Å². The Morgan fingerprint density at radius 3 is 2.29 bits per heavy atom. The predicted molar refractivity (Wildman–Crippen MR) is 153 cm³/mol. The van der Waals surface area contributed by atoms with Gasteiger partial charge in [-0.25, -0.2) is 8.42 Å². The van der Waals surface area contributed by atoms with E-state index in [-0.39, 0.29) is 35.3 Å². The largest absolute Gasteiger partial charge is 0.347 e. The highest BCUT2D eigenvalue weighted by atomic mass is 35.5. The molecule has 218 valence electrons. The third-order valence-electron chi connectivity index (χ3n) is 8.12. The van der Waals surface area contributed by atoms with E-state index in [0.717, 1.165) is 17.7 Å². The number of rotatable bonds is 10. The third-order valence-corrected chi connectivity index (χ3v) is 11.0. The Bertz CT molecular complexity index is 1490. The molecule has 3 aliphatic rings. The summed E-state index contributed by atoms with van der Waals surface area (Å²) in [7, 11) is -3.90. The molecule has 5 rings (SSSR count). The lowest BCUT2D eigenvalue weighted by atomic mass is 9.92. The number of ketones is 1. The van der Waals surface area contributed by atoms with Crippen LogP contribution < -0.4 is 10.6 Å². The van der Waals surface area contributed by atoms with E-state index in [4.69, 9.17) is 23.2 Å². The minimum Gasteiger partial charge on any atom is -0.347 e. The zero-order valence-corrected chi connectivity index (χ0v) is 24.8. The maximum absolute atomic E-state index is 14.2. The lowest BCUT2D eigenvalue weighted by Gasteiger charge is -2.33. The average Bonchev–Trinajstić information content (AvgIpc) is 3.89. The molecule has 2 aliphatic carbocycles. The summed E-state index contributed by atoms with van der Waals surface area (Å²) in [5.41, 5.74) is -0.379. The molecule has 2 aromatic rings. The van der Waals surface area contributed by atoms with Crippen molar-refractivity contribution in [1.29, 1.82) is 0 Å². The average molecular weight is 621 g/mol. The van der Waals surface area contributed by atoms with Gasteiger partial charge in [-0.3, -0.25) is 24.1 Å². The van der Waals surface area contributed by atoms with Crippen molar-refractivity contribution in [1.82, 2.24) is 15.5 Å². The molecule has 1 aliphatic heterocycles. The van der Waals surface area contributed by atoms with Crippen LogP contribution in [0, 0.1) is 0 Å². The molecule has 3 fully saturated rings. The van der Waals surface area contributed by atoms with Crippen LogP contribution in [0.3, 0.4) is 0 Å². The first-order valence-electron chi connectivity index (χ1n) is 13.7. The molecule has 0 radical (unpaired) electrons. The molecule has 2 saturated carbocycles. The second-order valence-corrected chi connectivity index (χ2v) is 14.0. The highest BCUT2D eigenvalue weighted by Gasteiger charge is 2.57. The zero-order chi connectivity index (χ0) is 29.5. The Hall–Kier alpha value is -2.79. The number of carbonyl (C=O) groups excluding carboxylic acids is 4. The second-order valence-electron chi connectivity index (χ2n) is 10.9. The predicted octanol–water partition coefficient (Wildman–Crippen LogP) is 3.21. The molecule has 3 atom stereocenters. The lowest BCUT2D eigenvalue weighted by molar-refractivity contribution is -0.155. The van der Waals surface area contributed by atoms with E-state index in [1.807, 2.05) is 0 Å². The second kappa shape index (κ2) is 11.5. The molecule has 0 aromatic heterocycles. The number of hydrogen-bond donors (Lipinski definition) is 2. The number of halogens is 2. The van der Waals surface area contributed by atoms with Gasteiger partial charge in [0.25, 0.3) is 5.91 Å². The minimum absolute atomic E-state index is 0.0270. The van der Waals surface area contributed by atoms with E-state index in [9.17, 15) is 27.6 Å². The summed E-state index contributed by atoms with van der Waals surface area (Å²) >= 11 is 12.2. The normalized spacial score (nSPS) is 22.0. The molecular formula is C29H31Cl2N3O6S. The molecular weight excluding hydrogens is 589 g/mol. The third kappa shape index (κ3) is 5.80. The Kier molecular flexibility index (Phi) is 8.31. The molecule has 12 heteroatoms. The van der Waals surface area contributed by atoms with Crippen LogP contribution in [0.1, 0.15) is 51.0 Å². The fraction of sp³-hybridized carbons (Fsp3) is 0.448. The first kappa shape index (κ1) is 29.7. The Morgan fingerprint density at radius 1 is 1.05 bits per heavy atom. The molecule has 1 heterocycles. The number of imide groups is 1. The van der Waals surface area contributed by atoms with Gasteiger partial charge in [0.2, 0.25) is 17.6 Å². The van der Waals surface area contributed by atoms with Crippen LogP contribution in [-0.2, 0) is 34.4 Å². The van der Waals surface area contributed by atoms with Gasteiger partial charge in [-0.15, -0.1) is 0 Å². The molecule has 1 saturated heterocycles. The molecule has 0 spiro atoms. The lowest BCUT2D eigenvalue weighted by Crippen LogP contribution is -2.58. The van der Waals surface area contributed by atoms with Crippen molar-refractivity contribution in [2.75, 3.05) is 6.54 Å². The van der Waals surface area contributed by atoms with E-state index in [0.29, 0.717) is 23.4 Å². The van der Waals surface area contributed by atoms with Crippen molar-refractivity contribution in [3.63, 3.8) is 0 Å². The van der Waals surface area contributed by atoms with Gasteiger partial charge in [0.15, 0.2) is 9.84 Å². The number of benzene rings is 2. The van der Waals surface area contributed by atoms with E-state index in [1.165, 1.54) is 12.1 Å². The number of nitrogens with zero attached hydrogens (tertiary/aromatic N) is 1. The summed E-state index contributed by atoms with van der Waals surface area (Å²) in [4.78, 5) is 55.4. The summed E-state index contributed by atoms with van der Waals surface area (Å²) in [5.74, 6) is -3.01. The van der Waals surface area contributed by atoms with Gasteiger partial charge in [-0.2, -0.15) is 0 Å². The van der Waals surface area contributed by atoms with Gasteiger partial charge in [-0.05, 0) is 68.4 Å². The number of Topliss-reactive ketones (excluding diaryl/α,β-unsaturated/α-hetero) is 1. The number of nitrogens with one attached hydrogen (secondary N) is 2. The summed E-state index contributed by atoms with van der Waals surface area (Å²) in [6.07, 6.45) is 2.35. The minimum atomic E-state index is -3.90. The highest BCUT2D eigenvalue weighted by molar-refractivity contribution is 7.92. The van der Waals surface area contributed by atoms with E-state index >= 15 is 0 Å². The van der Waals surface area contributed by atoms with Gasteiger partial charge in [0.05, 0.1) is 26.6 Å². The summed E-state index contributed by atoms with van der Waals surface area (Å²) in [6, 6.07) is 10.4. The smallest absolute Gasteiger partial charge is 0.289 e. The van der Waals surface area contributed by atoms with Crippen molar-refractivity contribution in [3.8, 4) is 0 Å². The van der Waals surface area contributed by atoms with Crippen LogP contribution in [0.2, 0.25) is 10.0 Å². The summed E-state index contributed by atoms with van der Waals surface area (Å²) in [5, 5.41) is 5.20. The number of hydrogen-bond acceptors (Lipinski definition) is 7. The van der Waals surface area contributed by atoms with Gasteiger partial charge < -0.3 is 10.6 Å². The van der Waals surface area contributed by atoms with Crippen molar-refractivity contribution in [2.45, 2.75) is 79.1 Å². The van der Waals surface area contributed by atoms with E-state index in [2.05, 4.69) is 10.6 Å². The SMILES string of the molecule is CC[C@@H](C(=O)C(=O)NC1CC1)N(C(=O)[C@@H]1C[C@@H](S(=O)(=O)c2ccccc2Cl)CN1)C(=O)C1(c2ccc(Cl)cc2)CC1. The van der Waals surface area contributed by atoms with Gasteiger partial charge in [0, 0.05) is 17.6 Å². The van der Waals surface area contributed by atoms with Crippen LogP contribution in [0.15, 0.2) is 53.4 Å². The first-order chi connectivity index (χ1) is 19.5. The quantitative estimate of drug-likeness (QED) is 0.308. The van der Waals surface area contributed by atoms with Crippen molar-refractivity contribution in [2.24, 2.45) is 0 Å². The molecule has 41 heavy (non-hydrogen) atoms. The van der Waals surface area contributed by atoms with Crippen LogP contribution >= 0.6 is 23.2 Å². The highest BCUT2D eigenvalue weighted by Crippen LogP contribution is 2.50. The molecule has 2 N–H and O–H groups in total. The Balaban J connectivity index is 1.45. The van der Waals surface area contributed by atoms with Crippen molar-refractivity contribution < 1.29 is 27.6 Å². The van der Waals surface area contributed by atoms with Crippen LogP contribution in [0.25, 0.3) is 0 Å². The Morgan fingerprint density at radius 2 is 1.71 bits per heavy atom. The summed E-state index contributed by atoms with van der Waals surface area (Å²) < 4.78 is 26.7. The topological polar surface area (TPSA) is 130 Å². The molecule has 9 nitrogen and oxygen atoms in total. The first-order valence-corrected chi connectivity index (χ1v) is 16.0. The number of carbonyl (C=O) groups is 4. The van der Waals surface area contributed by atoms with Gasteiger partial charge in [-0.1, -0.05) is 54.4 Å². The van der Waals surface area contributed by atoms with Crippen LogP contribution in [-0.4, -0.2) is 66.7 Å². The molecule has 3 amide bonds. The maximum Gasteiger partial charge on any atom is 0.289 e. The standard InChI is InChI=1S/C29H31Cl2N3O6S/c1-2-23(25(35)26(36)33-19-11-12-19)34(28(38)29(13-14-29)17-7-9-18(30)10-8-17)27(37)22-15-20(16-32-22)41(39,40)24-6-4-3-5-21(24)31/h3-10,19-20,22-23,32H,2,11-16H2,1H3,(H,33,36)/t20-,22+,23+/m1/s1. The van der Waals surface area contributed by atoms with Crippen molar-refractivity contribution in [3.05, 3.63) is 64.1 Å². The zero-order valence-electron chi connectivity index (χ0n) is 22.4. The fourth-order valence-electron chi connectivity index (χ4n) is 5.42.